The summed E-state index contributed by atoms with van der Waals surface area (Å²) in [5.74, 6) is -2.09. The normalized spacial score (nSPS) is 11.2. The summed E-state index contributed by atoms with van der Waals surface area (Å²) in [6.45, 7) is -0.0482. The summed E-state index contributed by atoms with van der Waals surface area (Å²) < 4.78 is 50.2. The molecule has 0 N–H and O–H groups in total. The van der Waals surface area contributed by atoms with Crippen molar-refractivity contribution in [3.63, 3.8) is 0 Å². The minimum atomic E-state index is -4.80. The second kappa shape index (κ2) is 8.14. The number of methoxy groups -OCH3 is 1. The third-order valence-corrected chi connectivity index (χ3v) is 3.79. The van der Waals surface area contributed by atoms with Crippen molar-refractivity contribution in [2.45, 2.75) is 12.7 Å². The number of alkyl halides is 3. The van der Waals surface area contributed by atoms with Crippen molar-refractivity contribution in [1.82, 2.24) is 20.0 Å². The topological polar surface area (TPSA) is 122 Å². The van der Waals surface area contributed by atoms with Crippen LogP contribution in [0.25, 0.3) is 0 Å². The Balaban J connectivity index is 1.97. The van der Waals surface area contributed by atoms with Crippen LogP contribution in [0, 0.1) is 10.1 Å². The highest BCUT2D eigenvalue weighted by molar-refractivity contribution is 5.94. The van der Waals surface area contributed by atoms with E-state index in [0.717, 1.165) is 37.6 Å². The molecule has 30 heavy (non-hydrogen) atoms. The van der Waals surface area contributed by atoms with Crippen LogP contribution in [-0.2, 0) is 17.5 Å². The monoisotopic (exact) mass is 423 g/mol. The van der Waals surface area contributed by atoms with Gasteiger partial charge in [-0.05, 0) is 17.7 Å². The van der Waals surface area contributed by atoms with Crippen molar-refractivity contribution in [3.8, 4) is 11.6 Å². The fourth-order valence-electron chi connectivity index (χ4n) is 2.48. The maximum Gasteiger partial charge on any atom is 0.421 e. The molecule has 0 amide bonds. The molecule has 0 aliphatic carbocycles. The molecule has 0 unspecified atom stereocenters. The highest BCUT2D eigenvalue weighted by Gasteiger charge is 2.36. The van der Waals surface area contributed by atoms with E-state index in [1.165, 1.54) is 17.2 Å². The molecule has 3 rings (SSSR count). The van der Waals surface area contributed by atoms with Crippen LogP contribution >= 0.6 is 0 Å². The first-order valence-corrected chi connectivity index (χ1v) is 8.14. The first-order valence-electron chi connectivity index (χ1n) is 8.14. The van der Waals surface area contributed by atoms with Gasteiger partial charge in [0.1, 0.15) is 16.9 Å². The molecule has 2 heterocycles. The van der Waals surface area contributed by atoms with Crippen LogP contribution in [-0.4, -0.2) is 38.0 Å². The Morgan fingerprint density at radius 3 is 2.53 bits per heavy atom. The number of aromatic nitrogens is 4. The van der Waals surface area contributed by atoms with Crippen molar-refractivity contribution in [3.05, 3.63) is 69.7 Å². The SMILES string of the molecule is COC(=O)c1cc(Oc2ncc(Cn3nccn3)cc2C(F)(F)F)ccc1[N+](=O)[O-]. The molecule has 0 atom stereocenters. The molecule has 3 aromatic rings. The average molecular weight is 423 g/mol. The number of hydrogen-bond acceptors (Lipinski definition) is 8. The van der Waals surface area contributed by atoms with E-state index in [1.807, 2.05) is 0 Å². The van der Waals surface area contributed by atoms with Crippen LogP contribution in [0.1, 0.15) is 21.5 Å². The lowest BCUT2D eigenvalue weighted by molar-refractivity contribution is -0.385. The van der Waals surface area contributed by atoms with Crippen molar-refractivity contribution in [1.29, 1.82) is 0 Å². The maximum absolute atomic E-state index is 13.5. The molecule has 0 radical (unpaired) electrons. The molecule has 0 aliphatic heterocycles. The highest BCUT2D eigenvalue weighted by atomic mass is 19.4. The minimum absolute atomic E-state index is 0.0482. The van der Waals surface area contributed by atoms with E-state index in [0.29, 0.717) is 0 Å². The number of carbonyl (C=O) groups excluding carboxylic acids is 1. The molecular weight excluding hydrogens is 411 g/mol. The van der Waals surface area contributed by atoms with Gasteiger partial charge in [0, 0.05) is 18.3 Å². The average Bonchev–Trinajstić information content (AvgIpc) is 3.20. The standard InChI is InChI=1S/C17H12F3N5O5/c1-29-16(26)12-7-11(2-3-14(12)25(27)28)30-15-13(17(18,19)20)6-10(8-21-15)9-24-22-4-5-23-24/h2-8H,9H2,1H3. The molecule has 156 valence electrons. The summed E-state index contributed by atoms with van der Waals surface area (Å²) in [6, 6.07) is 3.71. The zero-order valence-electron chi connectivity index (χ0n) is 15.2. The third-order valence-electron chi connectivity index (χ3n) is 3.79. The molecule has 0 fully saturated rings. The number of nitrogens with zero attached hydrogens (tertiary/aromatic N) is 5. The minimum Gasteiger partial charge on any atom is -0.465 e. The van der Waals surface area contributed by atoms with Gasteiger partial charge in [-0.25, -0.2) is 9.78 Å². The molecule has 1 aromatic carbocycles. The predicted octanol–water partition coefficient (Wildman–Crippen LogP) is 3.23. The van der Waals surface area contributed by atoms with Crippen LogP contribution in [0.4, 0.5) is 18.9 Å². The zero-order valence-corrected chi connectivity index (χ0v) is 15.2. The highest BCUT2D eigenvalue weighted by Crippen LogP contribution is 2.38. The van der Waals surface area contributed by atoms with Crippen LogP contribution < -0.4 is 4.74 Å². The molecule has 0 spiro atoms. The second-order valence-electron chi connectivity index (χ2n) is 5.78. The van der Waals surface area contributed by atoms with E-state index in [4.69, 9.17) is 4.74 Å². The number of ether oxygens (including phenoxy) is 2. The number of pyridine rings is 1. The lowest BCUT2D eigenvalue weighted by Crippen LogP contribution is -2.12. The van der Waals surface area contributed by atoms with Crippen molar-refractivity contribution in [2.24, 2.45) is 0 Å². The summed E-state index contributed by atoms with van der Waals surface area (Å²) in [5.41, 5.74) is -2.06. The lowest BCUT2D eigenvalue weighted by atomic mass is 10.1. The van der Waals surface area contributed by atoms with Crippen LogP contribution in [0.2, 0.25) is 0 Å². The Bertz CT molecular complexity index is 1090. The molecule has 0 saturated carbocycles. The number of halogens is 3. The van der Waals surface area contributed by atoms with Gasteiger partial charge < -0.3 is 9.47 Å². The zero-order chi connectivity index (χ0) is 21.9. The van der Waals surface area contributed by atoms with E-state index in [1.54, 1.807) is 0 Å². The Morgan fingerprint density at radius 2 is 1.93 bits per heavy atom. The van der Waals surface area contributed by atoms with E-state index in [9.17, 15) is 28.1 Å². The Kier molecular flexibility index (Phi) is 5.62. The van der Waals surface area contributed by atoms with Gasteiger partial charge in [0.2, 0.25) is 5.88 Å². The summed E-state index contributed by atoms with van der Waals surface area (Å²) >= 11 is 0. The van der Waals surface area contributed by atoms with E-state index < -0.39 is 39.8 Å². The fourth-order valence-corrected chi connectivity index (χ4v) is 2.48. The van der Waals surface area contributed by atoms with Gasteiger partial charge in [-0.2, -0.15) is 28.2 Å². The van der Waals surface area contributed by atoms with Crippen molar-refractivity contribution in [2.75, 3.05) is 7.11 Å². The summed E-state index contributed by atoms with van der Waals surface area (Å²) in [5, 5.41) is 18.7. The predicted molar refractivity (Wildman–Crippen MR) is 92.9 cm³/mol. The quantitative estimate of drug-likeness (QED) is 0.336. The van der Waals surface area contributed by atoms with Crippen molar-refractivity contribution >= 4 is 11.7 Å². The smallest absolute Gasteiger partial charge is 0.421 e. The molecule has 2 aromatic heterocycles. The number of nitro groups is 1. The number of rotatable bonds is 6. The van der Waals surface area contributed by atoms with Gasteiger partial charge >= 0.3 is 12.1 Å². The van der Waals surface area contributed by atoms with Crippen molar-refractivity contribution < 1.29 is 32.4 Å². The molecule has 0 saturated heterocycles. The van der Waals surface area contributed by atoms with E-state index in [2.05, 4.69) is 19.9 Å². The van der Waals surface area contributed by atoms with Gasteiger partial charge in [-0.1, -0.05) is 0 Å². The number of esters is 1. The molecule has 0 bridgehead atoms. The van der Waals surface area contributed by atoms with Crippen LogP contribution in [0.15, 0.2) is 42.9 Å². The first-order chi connectivity index (χ1) is 14.2. The fraction of sp³-hybridized carbons (Fsp3) is 0.176. The summed E-state index contributed by atoms with van der Waals surface area (Å²) in [7, 11) is 1.01. The molecular formula is C17H12F3N5O5. The first kappa shape index (κ1) is 20.7. The van der Waals surface area contributed by atoms with Gasteiger partial charge in [0.25, 0.3) is 5.69 Å². The molecule has 0 aliphatic rings. The number of carbonyl (C=O) groups is 1. The van der Waals surface area contributed by atoms with Crippen LogP contribution in [0.5, 0.6) is 11.6 Å². The Labute approximate surface area is 166 Å². The lowest BCUT2D eigenvalue weighted by Gasteiger charge is -2.14. The Morgan fingerprint density at radius 1 is 1.23 bits per heavy atom. The number of hydrogen-bond donors (Lipinski definition) is 0. The third kappa shape index (κ3) is 4.51. The maximum atomic E-state index is 13.5. The van der Waals surface area contributed by atoms with E-state index >= 15 is 0 Å². The van der Waals surface area contributed by atoms with Gasteiger partial charge in [-0.15, -0.1) is 0 Å². The van der Waals surface area contributed by atoms with Gasteiger partial charge in [0.05, 0.1) is 31.0 Å². The van der Waals surface area contributed by atoms with Gasteiger partial charge in [-0.3, -0.25) is 10.1 Å². The molecule has 13 heteroatoms. The Hall–Kier alpha value is -4.03. The van der Waals surface area contributed by atoms with Gasteiger partial charge in [0.15, 0.2) is 0 Å². The largest absolute Gasteiger partial charge is 0.465 e. The number of nitro benzene ring substituents is 1. The number of benzene rings is 1. The second-order valence-corrected chi connectivity index (χ2v) is 5.78. The van der Waals surface area contributed by atoms with E-state index in [-0.39, 0.29) is 17.9 Å². The van der Waals surface area contributed by atoms with Crippen LogP contribution in [0.3, 0.4) is 0 Å². The molecule has 10 nitrogen and oxygen atoms in total. The summed E-state index contributed by atoms with van der Waals surface area (Å²) in [6.07, 6.45) is -0.894. The summed E-state index contributed by atoms with van der Waals surface area (Å²) in [4.78, 5) is 26.9.